The van der Waals surface area contributed by atoms with Crippen molar-refractivity contribution >= 4 is 35.2 Å². The number of halogens is 6. The molecule has 1 atom stereocenters. The van der Waals surface area contributed by atoms with E-state index in [0.717, 1.165) is 12.3 Å². The van der Waals surface area contributed by atoms with Gasteiger partial charge >= 0.3 is 18.4 Å². The number of aromatic nitrogens is 3. The van der Waals surface area contributed by atoms with Gasteiger partial charge in [-0.05, 0) is 30.3 Å². The molecule has 11 nitrogen and oxygen atoms in total. The zero-order valence-electron chi connectivity index (χ0n) is 20.9. The molecule has 4 N–H and O–H groups in total. The van der Waals surface area contributed by atoms with Gasteiger partial charge in [0.15, 0.2) is 5.75 Å². The minimum Gasteiger partial charge on any atom is -0.595 e. The van der Waals surface area contributed by atoms with Crippen LogP contribution in [0.15, 0.2) is 84.0 Å². The number of phenolic OH excluding ortho intramolecular Hbond substituents is 1. The number of para-hydroxylation sites is 3. The van der Waals surface area contributed by atoms with Crippen LogP contribution < -0.4 is 20.3 Å². The van der Waals surface area contributed by atoms with Crippen LogP contribution in [0.2, 0.25) is 0 Å². The highest BCUT2D eigenvalue weighted by molar-refractivity contribution is 5.85. The van der Waals surface area contributed by atoms with E-state index in [1.807, 2.05) is 0 Å². The van der Waals surface area contributed by atoms with Gasteiger partial charge in [0.05, 0.1) is 6.21 Å². The van der Waals surface area contributed by atoms with E-state index in [4.69, 9.17) is 5.21 Å². The third-order valence-electron chi connectivity index (χ3n) is 5.32. The number of hydrazone groups is 1. The van der Waals surface area contributed by atoms with E-state index < -0.39 is 53.0 Å². The third kappa shape index (κ3) is 7.19. The van der Waals surface area contributed by atoms with E-state index in [9.17, 15) is 36.7 Å². The molecule has 17 heteroatoms. The lowest BCUT2D eigenvalue weighted by molar-refractivity contribution is -0.991. The average Bonchev–Trinajstić information content (AvgIpc) is 2.93. The number of ether oxygens (including phenoxy) is 1. The number of aromatic hydroxyl groups is 1. The first-order valence-corrected chi connectivity index (χ1v) is 11.7. The van der Waals surface area contributed by atoms with Crippen molar-refractivity contribution in [3.8, 4) is 11.8 Å². The Morgan fingerprint density at radius 1 is 0.857 bits per heavy atom. The lowest BCUT2D eigenvalue weighted by atomic mass is 10.2. The molecule has 1 heterocycles. The second-order valence-electron chi connectivity index (χ2n) is 8.25. The SMILES string of the molecule is [O-][NH+](O)c1cccc(C=NNc2nc(OC(C(F)(F)F)C(F)(F)F)nc(N(c3ccccc3)c3ccccc3)n2)c1O. The molecule has 0 saturated carbocycles. The number of phenols is 1. The Morgan fingerprint density at radius 3 is 1.95 bits per heavy atom. The Balaban J connectivity index is 1.80. The molecule has 3 aromatic carbocycles. The van der Waals surface area contributed by atoms with Crippen molar-refractivity contribution in [1.82, 2.24) is 15.0 Å². The highest BCUT2D eigenvalue weighted by Crippen LogP contribution is 2.37. The van der Waals surface area contributed by atoms with Crippen LogP contribution in [0.4, 0.5) is 55.3 Å². The molecule has 0 bridgehead atoms. The average molecular weight is 595 g/mol. The number of rotatable bonds is 9. The molecule has 0 spiro atoms. The molecule has 0 aliphatic carbocycles. The fourth-order valence-electron chi connectivity index (χ4n) is 3.51. The van der Waals surface area contributed by atoms with Gasteiger partial charge < -0.3 is 15.1 Å². The largest absolute Gasteiger partial charge is 0.595 e. The Labute approximate surface area is 232 Å². The second kappa shape index (κ2) is 12.2. The first-order valence-electron chi connectivity index (χ1n) is 11.7. The van der Waals surface area contributed by atoms with Crippen molar-refractivity contribution in [1.29, 1.82) is 0 Å². The van der Waals surface area contributed by atoms with E-state index in [-0.39, 0.29) is 5.56 Å². The van der Waals surface area contributed by atoms with Gasteiger partial charge in [-0.2, -0.15) is 51.6 Å². The summed E-state index contributed by atoms with van der Waals surface area (Å²) >= 11 is 0. The number of hydrogen-bond acceptors (Lipinski definition) is 10. The Morgan fingerprint density at radius 2 is 1.43 bits per heavy atom. The third-order valence-corrected chi connectivity index (χ3v) is 5.32. The van der Waals surface area contributed by atoms with Crippen LogP contribution in [0.1, 0.15) is 5.56 Å². The molecule has 0 radical (unpaired) electrons. The summed E-state index contributed by atoms with van der Waals surface area (Å²) in [6.07, 6.45) is -15.0. The molecule has 0 aliphatic rings. The minimum atomic E-state index is -5.86. The van der Waals surface area contributed by atoms with Gasteiger partial charge in [0.25, 0.3) is 12.1 Å². The predicted molar refractivity (Wildman–Crippen MR) is 136 cm³/mol. The molecule has 1 unspecified atom stereocenters. The molecule has 220 valence electrons. The minimum absolute atomic E-state index is 0.0856. The fraction of sp³-hybridized carbons (Fsp3) is 0.120. The van der Waals surface area contributed by atoms with Crippen molar-refractivity contribution in [2.45, 2.75) is 18.5 Å². The van der Waals surface area contributed by atoms with E-state index >= 15 is 0 Å². The molecule has 0 aliphatic heterocycles. The van der Waals surface area contributed by atoms with Gasteiger partial charge in [0.2, 0.25) is 11.6 Å². The number of hydrogen-bond donors (Lipinski definition) is 4. The van der Waals surface area contributed by atoms with Gasteiger partial charge in [0.1, 0.15) is 0 Å². The van der Waals surface area contributed by atoms with Gasteiger partial charge in [-0.1, -0.05) is 42.5 Å². The molecule has 4 aromatic rings. The topological polar surface area (TPSA) is 143 Å². The maximum Gasteiger partial charge on any atom is 0.434 e. The first-order chi connectivity index (χ1) is 19.8. The normalized spacial score (nSPS) is 12.9. The zero-order chi connectivity index (χ0) is 30.5. The number of alkyl halides is 6. The van der Waals surface area contributed by atoms with Crippen LogP contribution in [0, 0.1) is 5.21 Å². The summed E-state index contributed by atoms with van der Waals surface area (Å²) in [6, 6.07) is 18.7. The maximum atomic E-state index is 13.3. The predicted octanol–water partition coefficient (Wildman–Crippen LogP) is 4.77. The van der Waals surface area contributed by atoms with Crippen LogP contribution in [-0.2, 0) is 0 Å². The standard InChI is InChI=1S/C25H19F6N7O4/c26-24(27,28)20(25(29,30)31)42-23-34-21(36-32-14-15-8-7-13-18(19(15)39)38(40)41)33-22(35-23)37(16-9-3-1-4-10-16)17-11-5-2-6-12-17/h1-14,20,38-40H,(H,33,34,35,36). The summed E-state index contributed by atoms with van der Waals surface area (Å²) in [4.78, 5) is 12.7. The van der Waals surface area contributed by atoms with Crippen molar-refractivity contribution in [3.05, 3.63) is 89.6 Å². The van der Waals surface area contributed by atoms with E-state index in [0.29, 0.717) is 11.4 Å². The van der Waals surface area contributed by atoms with Crippen LogP contribution in [0.25, 0.3) is 0 Å². The van der Waals surface area contributed by atoms with Crippen LogP contribution in [0.5, 0.6) is 11.8 Å². The molecule has 1 aromatic heterocycles. The number of benzene rings is 3. The van der Waals surface area contributed by atoms with Crippen LogP contribution >= 0.6 is 0 Å². The molecule has 0 fully saturated rings. The highest BCUT2D eigenvalue weighted by Gasteiger charge is 2.59. The summed E-state index contributed by atoms with van der Waals surface area (Å²) in [5.74, 6) is -1.72. The molecule has 0 amide bonds. The van der Waals surface area contributed by atoms with E-state index in [1.165, 1.54) is 17.0 Å². The van der Waals surface area contributed by atoms with E-state index in [1.54, 1.807) is 60.7 Å². The highest BCUT2D eigenvalue weighted by atomic mass is 19.4. The smallest absolute Gasteiger partial charge is 0.434 e. The molecule has 4 rings (SSSR count). The fourth-order valence-corrected chi connectivity index (χ4v) is 3.51. The summed E-state index contributed by atoms with van der Waals surface area (Å²) in [5.41, 5.74) is 2.48. The van der Waals surface area contributed by atoms with Gasteiger partial charge in [0, 0.05) is 23.0 Å². The lowest BCUT2D eigenvalue weighted by Crippen LogP contribution is -2.99. The summed E-state index contributed by atoms with van der Waals surface area (Å²) in [5, 5.41) is 32.9. The Kier molecular flexibility index (Phi) is 8.74. The molecule has 0 saturated heterocycles. The Hall–Kier alpha value is -5.00. The second-order valence-corrected chi connectivity index (χ2v) is 8.25. The van der Waals surface area contributed by atoms with Crippen molar-refractivity contribution < 1.29 is 46.6 Å². The number of nitrogens with zero attached hydrogens (tertiary/aromatic N) is 5. The number of anilines is 4. The maximum absolute atomic E-state index is 13.3. The lowest BCUT2D eigenvalue weighted by Gasteiger charge is -2.25. The van der Waals surface area contributed by atoms with Crippen molar-refractivity contribution in [2.75, 3.05) is 10.3 Å². The van der Waals surface area contributed by atoms with Crippen LogP contribution in [-0.4, -0.2) is 49.9 Å². The monoisotopic (exact) mass is 595 g/mol. The summed E-state index contributed by atoms with van der Waals surface area (Å²) in [6.45, 7) is 0. The zero-order valence-corrected chi connectivity index (χ0v) is 20.9. The van der Waals surface area contributed by atoms with Crippen LogP contribution in [0.3, 0.4) is 0 Å². The van der Waals surface area contributed by atoms with Gasteiger partial charge in [-0.15, -0.1) is 0 Å². The number of nitrogens with one attached hydrogen (secondary N) is 2. The van der Waals surface area contributed by atoms with Gasteiger partial charge in [-0.3, -0.25) is 4.90 Å². The van der Waals surface area contributed by atoms with Crippen molar-refractivity contribution in [3.63, 3.8) is 0 Å². The van der Waals surface area contributed by atoms with E-state index in [2.05, 4.69) is 30.2 Å². The number of quaternary nitrogens is 1. The first kappa shape index (κ1) is 30.0. The molecular formula is C25H19F6N7O4. The Bertz CT molecular complexity index is 1470. The molecule has 42 heavy (non-hydrogen) atoms. The summed E-state index contributed by atoms with van der Waals surface area (Å²) < 4.78 is 83.9. The quantitative estimate of drug-likeness (QED) is 0.0932. The van der Waals surface area contributed by atoms with Gasteiger partial charge in [-0.25, -0.2) is 10.6 Å². The summed E-state index contributed by atoms with van der Waals surface area (Å²) in [7, 11) is 0. The van der Waals surface area contributed by atoms with Crippen molar-refractivity contribution in [2.24, 2.45) is 5.10 Å². The molecular weight excluding hydrogens is 576 g/mol.